The smallest absolute Gasteiger partial charge is 0.415 e. The van der Waals surface area contributed by atoms with Crippen LogP contribution in [0.3, 0.4) is 0 Å². The van der Waals surface area contributed by atoms with Gasteiger partial charge in [-0.05, 0) is 17.7 Å². The normalized spacial score (nSPS) is 11.5. The first kappa shape index (κ1) is 15.6. The van der Waals surface area contributed by atoms with Crippen molar-refractivity contribution in [1.82, 2.24) is 4.90 Å². The molecule has 0 saturated heterocycles. The summed E-state index contributed by atoms with van der Waals surface area (Å²) in [5, 5.41) is 9.37. The highest BCUT2D eigenvalue weighted by atomic mass is 16.6. The number of aliphatic carboxylic acids is 1. The first-order chi connectivity index (χ1) is 10.6. The second kappa shape index (κ2) is 7.26. The highest BCUT2D eigenvalue weighted by molar-refractivity contribution is 5.81. The third kappa shape index (κ3) is 4.09. The molecule has 0 bridgehead atoms. The van der Waals surface area contributed by atoms with E-state index in [9.17, 15) is 14.7 Å². The Kier molecular flexibility index (Phi) is 5.14. The lowest BCUT2D eigenvalue weighted by molar-refractivity contribution is -0.142. The number of para-hydroxylation sites is 1. The Morgan fingerprint density at radius 2 is 1.59 bits per heavy atom. The van der Waals surface area contributed by atoms with Gasteiger partial charge in [0.2, 0.25) is 0 Å². The molecule has 5 heteroatoms. The first-order valence-corrected chi connectivity index (χ1v) is 6.84. The minimum Gasteiger partial charge on any atom is -0.480 e. The zero-order chi connectivity index (χ0) is 15.9. The molecule has 1 atom stereocenters. The molecule has 5 nitrogen and oxygen atoms in total. The van der Waals surface area contributed by atoms with Crippen molar-refractivity contribution in [3.8, 4) is 5.75 Å². The van der Waals surface area contributed by atoms with Crippen molar-refractivity contribution in [2.24, 2.45) is 0 Å². The van der Waals surface area contributed by atoms with Gasteiger partial charge in [0.25, 0.3) is 0 Å². The number of carbonyl (C=O) groups is 2. The lowest BCUT2D eigenvalue weighted by Gasteiger charge is -2.24. The van der Waals surface area contributed by atoms with Gasteiger partial charge in [-0.3, -0.25) is 4.90 Å². The summed E-state index contributed by atoms with van der Waals surface area (Å²) in [5.41, 5.74) is 0.842. The summed E-state index contributed by atoms with van der Waals surface area (Å²) in [4.78, 5) is 24.6. The highest BCUT2D eigenvalue weighted by Crippen LogP contribution is 2.13. The lowest BCUT2D eigenvalue weighted by Crippen LogP contribution is -2.45. The van der Waals surface area contributed by atoms with E-state index in [1.54, 1.807) is 30.3 Å². The Hall–Kier alpha value is -2.82. The molecular weight excluding hydrogens is 282 g/mol. The number of likely N-dealkylation sites (N-methyl/N-ethyl adjacent to an activating group) is 1. The van der Waals surface area contributed by atoms with Crippen molar-refractivity contribution in [3.05, 3.63) is 66.2 Å². The van der Waals surface area contributed by atoms with Gasteiger partial charge in [-0.2, -0.15) is 0 Å². The molecule has 22 heavy (non-hydrogen) atoms. The minimum absolute atomic E-state index is 0.219. The largest absolute Gasteiger partial charge is 0.480 e. The van der Waals surface area contributed by atoms with Gasteiger partial charge >= 0.3 is 12.1 Å². The summed E-state index contributed by atoms with van der Waals surface area (Å²) < 4.78 is 5.17. The molecular formula is C17H17NO4. The molecule has 0 unspecified atom stereocenters. The predicted molar refractivity (Wildman–Crippen MR) is 81.8 cm³/mol. The van der Waals surface area contributed by atoms with Gasteiger partial charge in [-0.1, -0.05) is 48.5 Å². The molecule has 114 valence electrons. The molecule has 0 radical (unpaired) electrons. The molecule has 1 amide bonds. The fourth-order valence-electron chi connectivity index (χ4n) is 2.02. The molecule has 0 aliphatic carbocycles. The summed E-state index contributed by atoms with van der Waals surface area (Å²) >= 11 is 0. The summed E-state index contributed by atoms with van der Waals surface area (Å²) in [6.07, 6.45) is -0.481. The van der Waals surface area contributed by atoms with Crippen LogP contribution in [0, 0.1) is 0 Å². The lowest BCUT2D eigenvalue weighted by atomic mass is 10.1. The minimum atomic E-state index is -1.07. The molecule has 2 aromatic rings. The Morgan fingerprint density at radius 3 is 2.14 bits per heavy atom. The van der Waals surface area contributed by atoms with Crippen LogP contribution in [0.5, 0.6) is 5.75 Å². The average Bonchev–Trinajstić information content (AvgIpc) is 2.53. The van der Waals surface area contributed by atoms with E-state index >= 15 is 0 Å². The van der Waals surface area contributed by atoms with Crippen LogP contribution in [0.1, 0.15) is 5.56 Å². The van der Waals surface area contributed by atoms with Crippen molar-refractivity contribution in [3.63, 3.8) is 0 Å². The first-order valence-electron chi connectivity index (χ1n) is 6.84. The van der Waals surface area contributed by atoms with Gasteiger partial charge in [0.1, 0.15) is 11.8 Å². The third-order valence-electron chi connectivity index (χ3n) is 3.26. The Labute approximate surface area is 128 Å². The van der Waals surface area contributed by atoms with Gasteiger partial charge in [0.05, 0.1) is 0 Å². The van der Waals surface area contributed by atoms with Crippen LogP contribution in [-0.4, -0.2) is 35.2 Å². The highest BCUT2D eigenvalue weighted by Gasteiger charge is 2.28. The molecule has 1 N–H and O–H groups in total. The van der Waals surface area contributed by atoms with E-state index < -0.39 is 18.1 Å². The van der Waals surface area contributed by atoms with E-state index in [-0.39, 0.29) is 6.42 Å². The van der Waals surface area contributed by atoms with E-state index in [1.807, 2.05) is 30.3 Å². The van der Waals surface area contributed by atoms with Crippen molar-refractivity contribution in [1.29, 1.82) is 0 Å². The van der Waals surface area contributed by atoms with Crippen LogP contribution in [0.2, 0.25) is 0 Å². The summed E-state index contributed by atoms with van der Waals surface area (Å²) in [7, 11) is 1.42. The second-order valence-corrected chi connectivity index (χ2v) is 4.84. The van der Waals surface area contributed by atoms with E-state index in [4.69, 9.17) is 4.74 Å². The maximum atomic E-state index is 12.1. The number of carbonyl (C=O) groups excluding carboxylic acids is 1. The number of carboxylic acid groups (broad SMARTS) is 1. The molecule has 2 rings (SSSR count). The summed E-state index contributed by atoms with van der Waals surface area (Å²) in [5.74, 6) is -0.695. The second-order valence-electron chi connectivity index (χ2n) is 4.84. The number of nitrogens with zero attached hydrogens (tertiary/aromatic N) is 1. The molecule has 0 heterocycles. The monoisotopic (exact) mass is 299 g/mol. The number of carboxylic acids is 1. The number of benzene rings is 2. The van der Waals surface area contributed by atoms with Crippen LogP contribution in [0.4, 0.5) is 4.79 Å². The van der Waals surface area contributed by atoms with Crippen LogP contribution in [0.15, 0.2) is 60.7 Å². The van der Waals surface area contributed by atoms with Crippen molar-refractivity contribution < 1.29 is 19.4 Å². The van der Waals surface area contributed by atoms with Gasteiger partial charge in [-0.15, -0.1) is 0 Å². The standard InChI is InChI=1S/C17H17NO4/c1-18(17(21)22-14-10-6-3-7-11-14)15(16(19)20)12-13-8-4-2-5-9-13/h2-11,15H,12H2,1H3,(H,19,20)/t15-/m0/s1. The Bertz CT molecular complexity index is 628. The SMILES string of the molecule is CN(C(=O)Oc1ccccc1)[C@@H](Cc1ccccc1)C(=O)O. The molecule has 0 aliphatic heterocycles. The molecule has 2 aromatic carbocycles. The predicted octanol–water partition coefficient (Wildman–Crippen LogP) is 2.81. The zero-order valence-corrected chi connectivity index (χ0v) is 12.2. The van der Waals surface area contributed by atoms with Crippen LogP contribution in [0.25, 0.3) is 0 Å². The topological polar surface area (TPSA) is 66.8 Å². The van der Waals surface area contributed by atoms with E-state index in [0.29, 0.717) is 5.75 Å². The molecule has 0 aliphatic rings. The number of amides is 1. The molecule has 0 aromatic heterocycles. The van der Waals surface area contributed by atoms with Gasteiger partial charge in [0, 0.05) is 13.5 Å². The Morgan fingerprint density at radius 1 is 1.05 bits per heavy atom. The number of rotatable bonds is 5. The van der Waals surface area contributed by atoms with E-state index in [1.165, 1.54) is 7.05 Å². The molecule has 0 fully saturated rings. The van der Waals surface area contributed by atoms with E-state index in [0.717, 1.165) is 10.5 Å². The maximum Gasteiger partial charge on any atom is 0.415 e. The molecule has 0 spiro atoms. The zero-order valence-electron chi connectivity index (χ0n) is 12.2. The van der Waals surface area contributed by atoms with E-state index in [2.05, 4.69) is 0 Å². The van der Waals surface area contributed by atoms with Crippen molar-refractivity contribution in [2.75, 3.05) is 7.05 Å². The summed E-state index contributed by atoms with van der Waals surface area (Å²) in [6.45, 7) is 0. The van der Waals surface area contributed by atoms with Gasteiger partial charge < -0.3 is 9.84 Å². The van der Waals surface area contributed by atoms with Crippen molar-refractivity contribution >= 4 is 12.1 Å². The third-order valence-corrected chi connectivity index (χ3v) is 3.26. The fraction of sp³-hybridized carbons (Fsp3) is 0.176. The average molecular weight is 299 g/mol. The Balaban J connectivity index is 2.07. The van der Waals surface area contributed by atoms with Crippen LogP contribution < -0.4 is 4.74 Å². The fourth-order valence-corrected chi connectivity index (χ4v) is 2.02. The van der Waals surface area contributed by atoms with Gasteiger partial charge in [-0.25, -0.2) is 9.59 Å². The number of ether oxygens (including phenoxy) is 1. The van der Waals surface area contributed by atoms with Gasteiger partial charge in [0.15, 0.2) is 0 Å². The molecule has 0 saturated carbocycles. The van der Waals surface area contributed by atoms with Crippen LogP contribution in [-0.2, 0) is 11.2 Å². The maximum absolute atomic E-state index is 12.1. The summed E-state index contributed by atoms with van der Waals surface area (Å²) in [6, 6.07) is 16.7. The number of hydrogen-bond acceptors (Lipinski definition) is 3. The van der Waals surface area contributed by atoms with Crippen LogP contribution >= 0.6 is 0 Å². The quantitative estimate of drug-likeness (QED) is 0.922. The number of hydrogen-bond donors (Lipinski definition) is 1. The van der Waals surface area contributed by atoms with Crippen molar-refractivity contribution in [2.45, 2.75) is 12.5 Å².